The van der Waals surface area contributed by atoms with Crippen molar-refractivity contribution in [3.63, 3.8) is 0 Å². The van der Waals surface area contributed by atoms with Crippen molar-refractivity contribution in [1.29, 1.82) is 0 Å². The minimum atomic E-state index is 0.230. The summed E-state index contributed by atoms with van der Waals surface area (Å²) in [5, 5.41) is 3.05. The molecule has 0 radical (unpaired) electrons. The number of benzene rings is 2. The molecule has 0 aliphatic rings. The molecule has 0 atom stereocenters. The van der Waals surface area contributed by atoms with Gasteiger partial charge in [0.25, 0.3) is 0 Å². The lowest BCUT2D eigenvalue weighted by Crippen LogP contribution is -2.10. The Morgan fingerprint density at radius 2 is 1.27 bits per heavy atom. The van der Waals surface area contributed by atoms with Crippen LogP contribution in [0.4, 0.5) is 11.4 Å². The van der Waals surface area contributed by atoms with Crippen molar-refractivity contribution in [1.82, 2.24) is 0 Å². The number of nitrogens with two attached hydrogens (primary N) is 1. The molecule has 2 rings (SSSR count). The fourth-order valence-corrected chi connectivity index (χ4v) is 1.70. The first-order chi connectivity index (χ1) is 10.3. The van der Waals surface area contributed by atoms with Gasteiger partial charge in [-0.25, -0.2) is 0 Å². The van der Waals surface area contributed by atoms with Crippen molar-refractivity contribution in [3.05, 3.63) is 59.7 Å². The minimum Gasteiger partial charge on any atom is -0.399 e. The summed E-state index contributed by atoms with van der Waals surface area (Å²) in [6, 6.07) is 16.4. The standard InChI is InChI=1S/C10H15N.C8H11N.C2H6/c1-10(2,3)8-4-6-9(11)7-5-8;1-7-3-5-8(9-2)6-4-7;1-2/h4-7H,11H2,1-3H3;3-6,9H,1-2H3;1-2H3. The van der Waals surface area contributed by atoms with E-state index in [2.05, 4.69) is 69.4 Å². The number of nitrogen functional groups attached to an aromatic ring is 1. The van der Waals surface area contributed by atoms with Crippen molar-refractivity contribution in [2.75, 3.05) is 18.1 Å². The predicted molar refractivity (Wildman–Crippen MR) is 102 cm³/mol. The molecule has 122 valence electrons. The number of hydrogen-bond donors (Lipinski definition) is 2. The van der Waals surface area contributed by atoms with E-state index >= 15 is 0 Å². The average molecular weight is 300 g/mol. The maximum Gasteiger partial charge on any atom is 0.0337 e. The summed E-state index contributed by atoms with van der Waals surface area (Å²) in [6.07, 6.45) is 0. The van der Waals surface area contributed by atoms with Crippen LogP contribution in [0.15, 0.2) is 48.5 Å². The van der Waals surface area contributed by atoms with E-state index in [0.29, 0.717) is 0 Å². The first-order valence-corrected chi connectivity index (χ1v) is 7.93. The van der Waals surface area contributed by atoms with Gasteiger partial charge in [0.2, 0.25) is 0 Å². The van der Waals surface area contributed by atoms with Crippen LogP contribution in [0.3, 0.4) is 0 Å². The van der Waals surface area contributed by atoms with Crippen LogP contribution < -0.4 is 11.1 Å². The molecule has 3 N–H and O–H groups in total. The van der Waals surface area contributed by atoms with E-state index in [1.165, 1.54) is 16.8 Å². The topological polar surface area (TPSA) is 38.0 Å². The maximum absolute atomic E-state index is 5.57. The Kier molecular flexibility index (Phi) is 9.00. The molecule has 0 saturated carbocycles. The van der Waals surface area contributed by atoms with Crippen molar-refractivity contribution in [3.8, 4) is 0 Å². The molecule has 0 spiro atoms. The molecule has 2 heteroatoms. The molecule has 0 saturated heterocycles. The Labute approximate surface area is 136 Å². The number of nitrogens with one attached hydrogen (secondary N) is 1. The zero-order valence-electron chi connectivity index (χ0n) is 15.2. The third-order valence-corrected chi connectivity index (χ3v) is 3.12. The largest absolute Gasteiger partial charge is 0.399 e. The molecule has 0 unspecified atom stereocenters. The van der Waals surface area contributed by atoms with Gasteiger partial charge in [-0.05, 0) is 42.2 Å². The number of aryl methyl sites for hydroxylation is 1. The van der Waals surface area contributed by atoms with E-state index in [1.807, 2.05) is 33.0 Å². The van der Waals surface area contributed by atoms with E-state index in [-0.39, 0.29) is 5.41 Å². The fourth-order valence-electron chi connectivity index (χ4n) is 1.70. The molecule has 22 heavy (non-hydrogen) atoms. The molecular formula is C20H32N2. The molecule has 0 fully saturated rings. The van der Waals surface area contributed by atoms with Crippen LogP contribution in [-0.4, -0.2) is 7.05 Å². The third-order valence-electron chi connectivity index (χ3n) is 3.12. The van der Waals surface area contributed by atoms with Crippen LogP contribution in [0.2, 0.25) is 0 Å². The Morgan fingerprint density at radius 1 is 0.818 bits per heavy atom. The second kappa shape index (κ2) is 9.88. The molecule has 0 bridgehead atoms. The SMILES string of the molecule is CC.CC(C)(C)c1ccc(N)cc1.CNc1ccc(C)cc1. The normalized spacial score (nSPS) is 9.77. The summed E-state index contributed by atoms with van der Waals surface area (Å²) in [7, 11) is 1.92. The van der Waals surface area contributed by atoms with Crippen LogP contribution in [0, 0.1) is 6.92 Å². The molecule has 2 aromatic carbocycles. The highest BCUT2D eigenvalue weighted by Crippen LogP contribution is 2.22. The lowest BCUT2D eigenvalue weighted by molar-refractivity contribution is 0.590. The van der Waals surface area contributed by atoms with Gasteiger partial charge in [0.15, 0.2) is 0 Å². The lowest BCUT2D eigenvalue weighted by Gasteiger charge is -2.18. The summed E-state index contributed by atoms with van der Waals surface area (Å²) >= 11 is 0. The van der Waals surface area contributed by atoms with Gasteiger partial charge in [0.1, 0.15) is 0 Å². The van der Waals surface area contributed by atoms with Gasteiger partial charge < -0.3 is 11.1 Å². The Hall–Kier alpha value is -1.96. The Morgan fingerprint density at radius 3 is 1.64 bits per heavy atom. The lowest BCUT2D eigenvalue weighted by atomic mass is 9.87. The van der Waals surface area contributed by atoms with Gasteiger partial charge in [-0.15, -0.1) is 0 Å². The number of hydrogen-bond acceptors (Lipinski definition) is 2. The molecule has 2 aromatic rings. The molecule has 0 amide bonds. The summed E-state index contributed by atoms with van der Waals surface area (Å²) in [6.45, 7) is 12.7. The third kappa shape index (κ3) is 7.72. The maximum atomic E-state index is 5.57. The van der Waals surface area contributed by atoms with Crippen molar-refractivity contribution < 1.29 is 0 Å². The van der Waals surface area contributed by atoms with Crippen LogP contribution in [-0.2, 0) is 5.41 Å². The molecular weight excluding hydrogens is 268 g/mol. The number of rotatable bonds is 1. The van der Waals surface area contributed by atoms with E-state index in [0.717, 1.165) is 5.69 Å². The van der Waals surface area contributed by atoms with Crippen LogP contribution in [0.5, 0.6) is 0 Å². The van der Waals surface area contributed by atoms with Crippen molar-refractivity contribution >= 4 is 11.4 Å². The van der Waals surface area contributed by atoms with Gasteiger partial charge in [-0.3, -0.25) is 0 Å². The van der Waals surface area contributed by atoms with Gasteiger partial charge in [0, 0.05) is 18.4 Å². The molecule has 0 aromatic heterocycles. The number of anilines is 2. The second-order valence-corrected chi connectivity index (χ2v) is 5.99. The highest BCUT2D eigenvalue weighted by molar-refractivity contribution is 5.43. The van der Waals surface area contributed by atoms with Gasteiger partial charge in [0.05, 0.1) is 0 Å². The van der Waals surface area contributed by atoms with Crippen LogP contribution in [0.1, 0.15) is 45.7 Å². The molecule has 2 nitrogen and oxygen atoms in total. The zero-order chi connectivity index (χ0) is 17.2. The first kappa shape index (κ1) is 20.0. The van der Waals surface area contributed by atoms with E-state index < -0.39 is 0 Å². The monoisotopic (exact) mass is 300 g/mol. The zero-order valence-corrected chi connectivity index (χ0v) is 15.2. The van der Waals surface area contributed by atoms with Gasteiger partial charge >= 0.3 is 0 Å². The fraction of sp³-hybridized carbons (Fsp3) is 0.400. The van der Waals surface area contributed by atoms with E-state index in [9.17, 15) is 0 Å². The molecule has 0 aliphatic carbocycles. The van der Waals surface area contributed by atoms with E-state index in [1.54, 1.807) is 0 Å². The minimum absolute atomic E-state index is 0.230. The van der Waals surface area contributed by atoms with Gasteiger partial charge in [-0.1, -0.05) is 64.4 Å². The Balaban J connectivity index is 0.000000366. The average Bonchev–Trinajstić information content (AvgIpc) is 2.50. The summed E-state index contributed by atoms with van der Waals surface area (Å²) in [5.74, 6) is 0. The summed E-state index contributed by atoms with van der Waals surface area (Å²) < 4.78 is 0. The van der Waals surface area contributed by atoms with E-state index in [4.69, 9.17) is 5.73 Å². The molecule has 0 aliphatic heterocycles. The molecule has 0 heterocycles. The highest BCUT2D eigenvalue weighted by atomic mass is 14.8. The summed E-state index contributed by atoms with van der Waals surface area (Å²) in [5.41, 5.74) is 10.4. The van der Waals surface area contributed by atoms with Crippen LogP contribution in [0.25, 0.3) is 0 Å². The first-order valence-electron chi connectivity index (χ1n) is 7.93. The smallest absolute Gasteiger partial charge is 0.0337 e. The quantitative estimate of drug-likeness (QED) is 0.670. The van der Waals surface area contributed by atoms with Crippen LogP contribution >= 0.6 is 0 Å². The predicted octanol–water partition coefficient (Wildman–Crippen LogP) is 5.63. The van der Waals surface area contributed by atoms with Gasteiger partial charge in [-0.2, -0.15) is 0 Å². The Bertz CT molecular complexity index is 505. The summed E-state index contributed by atoms with van der Waals surface area (Å²) in [4.78, 5) is 0. The second-order valence-electron chi connectivity index (χ2n) is 5.99. The van der Waals surface area contributed by atoms with Crippen molar-refractivity contribution in [2.45, 2.75) is 47.0 Å². The van der Waals surface area contributed by atoms with Crippen molar-refractivity contribution in [2.24, 2.45) is 0 Å². The highest BCUT2D eigenvalue weighted by Gasteiger charge is 2.11.